The lowest BCUT2D eigenvalue weighted by Crippen LogP contribution is -2.50. The molecule has 0 spiro atoms. The number of fused-ring (bicyclic) bond motifs is 3. The summed E-state index contributed by atoms with van der Waals surface area (Å²) in [6.45, 7) is 4.46. The molecular formula is C27H32N2O6. The molecule has 4 rings (SSSR count). The van der Waals surface area contributed by atoms with Crippen LogP contribution in [0.4, 0.5) is 4.79 Å². The van der Waals surface area contributed by atoms with E-state index in [-0.39, 0.29) is 30.7 Å². The molecule has 2 aliphatic rings. The Labute approximate surface area is 205 Å². The number of rotatable bonds is 8. The molecule has 4 atom stereocenters. The molecule has 186 valence electrons. The molecular weight excluding hydrogens is 448 g/mol. The SMILES string of the molecule is CC1CC(CN(C)C(=O)C(CC(=O)O)NC(=O)OCC2c3ccccc3-c3ccccc32)C(C)O1. The molecule has 2 amide bonds. The number of carboxylic acids is 1. The standard InChI is InChI=1S/C27H32N2O6/c1-16-12-18(17(2)35-16)14-29(3)26(32)24(13-25(30)31)28-27(33)34-15-23-21-10-6-4-8-19(21)20-9-5-7-11-22(20)23/h4-11,16-18,23-24H,12-15H2,1-3H3,(H,28,33)(H,30,31). The molecule has 1 saturated heterocycles. The van der Waals surface area contributed by atoms with Crippen molar-refractivity contribution in [2.45, 2.75) is 50.9 Å². The highest BCUT2D eigenvalue weighted by Gasteiger charge is 2.34. The molecule has 1 aliphatic carbocycles. The summed E-state index contributed by atoms with van der Waals surface area (Å²) in [5.41, 5.74) is 4.36. The Balaban J connectivity index is 1.39. The number of nitrogens with one attached hydrogen (secondary N) is 1. The highest BCUT2D eigenvalue weighted by atomic mass is 16.5. The van der Waals surface area contributed by atoms with Gasteiger partial charge in [0.05, 0.1) is 18.6 Å². The molecule has 4 unspecified atom stereocenters. The highest BCUT2D eigenvalue weighted by molar-refractivity contribution is 5.89. The van der Waals surface area contributed by atoms with Gasteiger partial charge in [0.2, 0.25) is 5.91 Å². The Morgan fingerprint density at radius 2 is 1.69 bits per heavy atom. The van der Waals surface area contributed by atoms with Crippen LogP contribution in [0.25, 0.3) is 11.1 Å². The van der Waals surface area contributed by atoms with Crippen LogP contribution in [0.15, 0.2) is 48.5 Å². The van der Waals surface area contributed by atoms with E-state index in [2.05, 4.69) is 5.32 Å². The lowest BCUT2D eigenvalue weighted by atomic mass is 9.98. The molecule has 35 heavy (non-hydrogen) atoms. The number of ether oxygens (including phenoxy) is 2. The van der Waals surface area contributed by atoms with E-state index in [0.29, 0.717) is 6.54 Å². The van der Waals surface area contributed by atoms with Crippen LogP contribution in [0.3, 0.4) is 0 Å². The van der Waals surface area contributed by atoms with Gasteiger partial charge in [0.25, 0.3) is 0 Å². The van der Waals surface area contributed by atoms with E-state index >= 15 is 0 Å². The second-order valence-electron chi connectivity index (χ2n) is 9.49. The van der Waals surface area contributed by atoms with E-state index < -0.39 is 30.4 Å². The van der Waals surface area contributed by atoms with Crippen molar-refractivity contribution in [1.29, 1.82) is 0 Å². The quantitative estimate of drug-likeness (QED) is 0.598. The maximum atomic E-state index is 13.0. The third-order valence-electron chi connectivity index (χ3n) is 6.94. The fourth-order valence-corrected chi connectivity index (χ4v) is 5.24. The maximum absolute atomic E-state index is 13.0. The number of carboxylic acid groups (broad SMARTS) is 1. The summed E-state index contributed by atoms with van der Waals surface area (Å²) in [5.74, 6) is -1.62. The number of carbonyl (C=O) groups is 3. The van der Waals surface area contributed by atoms with Crippen LogP contribution in [-0.2, 0) is 19.1 Å². The Hall–Kier alpha value is -3.39. The van der Waals surface area contributed by atoms with Crippen LogP contribution >= 0.6 is 0 Å². The molecule has 1 heterocycles. The van der Waals surface area contributed by atoms with Gasteiger partial charge in [-0.15, -0.1) is 0 Å². The van der Waals surface area contributed by atoms with Crippen LogP contribution in [0.2, 0.25) is 0 Å². The van der Waals surface area contributed by atoms with Crippen LogP contribution in [0.1, 0.15) is 43.7 Å². The van der Waals surface area contributed by atoms with Gasteiger partial charge >= 0.3 is 12.1 Å². The third kappa shape index (κ3) is 5.48. The second-order valence-corrected chi connectivity index (χ2v) is 9.49. The zero-order valence-corrected chi connectivity index (χ0v) is 20.3. The van der Waals surface area contributed by atoms with Gasteiger partial charge in [0.1, 0.15) is 12.6 Å². The largest absolute Gasteiger partial charge is 0.481 e. The Kier molecular flexibility index (Phi) is 7.40. The van der Waals surface area contributed by atoms with Crippen molar-refractivity contribution in [3.05, 3.63) is 59.7 Å². The van der Waals surface area contributed by atoms with Gasteiger partial charge in [0, 0.05) is 25.4 Å². The molecule has 0 aromatic heterocycles. The first-order chi connectivity index (χ1) is 16.7. The summed E-state index contributed by atoms with van der Waals surface area (Å²) in [6.07, 6.45) is -0.394. The fraction of sp³-hybridized carbons (Fsp3) is 0.444. The summed E-state index contributed by atoms with van der Waals surface area (Å²) < 4.78 is 11.3. The van der Waals surface area contributed by atoms with Gasteiger partial charge in [-0.05, 0) is 42.5 Å². The normalized spacial score (nSPS) is 21.6. The lowest BCUT2D eigenvalue weighted by molar-refractivity contribution is -0.142. The van der Waals surface area contributed by atoms with Gasteiger partial charge in [-0.25, -0.2) is 4.79 Å². The highest BCUT2D eigenvalue weighted by Crippen LogP contribution is 2.44. The maximum Gasteiger partial charge on any atom is 0.407 e. The first kappa shape index (κ1) is 24.7. The van der Waals surface area contributed by atoms with Gasteiger partial charge in [-0.1, -0.05) is 48.5 Å². The molecule has 2 aromatic carbocycles. The topological polar surface area (TPSA) is 105 Å². The van der Waals surface area contributed by atoms with Gasteiger partial charge in [-0.2, -0.15) is 0 Å². The Morgan fingerprint density at radius 1 is 1.09 bits per heavy atom. The Morgan fingerprint density at radius 3 is 2.23 bits per heavy atom. The average Bonchev–Trinajstić information content (AvgIpc) is 3.32. The number of carbonyl (C=O) groups excluding carboxylic acids is 2. The molecule has 0 bridgehead atoms. The van der Waals surface area contributed by atoms with Crippen molar-refractivity contribution in [1.82, 2.24) is 10.2 Å². The molecule has 8 nitrogen and oxygen atoms in total. The molecule has 0 saturated carbocycles. The van der Waals surface area contributed by atoms with Crippen LogP contribution in [0.5, 0.6) is 0 Å². The Bertz CT molecular complexity index is 1060. The predicted molar refractivity (Wildman–Crippen MR) is 130 cm³/mol. The summed E-state index contributed by atoms with van der Waals surface area (Å²) in [6, 6.07) is 14.8. The second kappa shape index (κ2) is 10.5. The van der Waals surface area contributed by atoms with Crippen molar-refractivity contribution in [3.63, 3.8) is 0 Å². The lowest BCUT2D eigenvalue weighted by Gasteiger charge is -2.27. The van der Waals surface area contributed by atoms with Crippen LogP contribution < -0.4 is 5.32 Å². The van der Waals surface area contributed by atoms with Crippen molar-refractivity contribution in [3.8, 4) is 11.1 Å². The number of amides is 2. The van der Waals surface area contributed by atoms with E-state index in [1.54, 1.807) is 7.05 Å². The third-order valence-corrected chi connectivity index (χ3v) is 6.94. The van der Waals surface area contributed by atoms with E-state index in [4.69, 9.17) is 9.47 Å². The minimum absolute atomic E-state index is 0.00765. The number of hydrogen-bond donors (Lipinski definition) is 2. The van der Waals surface area contributed by atoms with Crippen LogP contribution in [0, 0.1) is 5.92 Å². The van der Waals surface area contributed by atoms with Gasteiger partial charge in [-0.3, -0.25) is 9.59 Å². The molecule has 1 aliphatic heterocycles. The van der Waals surface area contributed by atoms with Crippen molar-refractivity contribution in [2.24, 2.45) is 5.92 Å². The number of alkyl carbamates (subject to hydrolysis) is 1. The minimum Gasteiger partial charge on any atom is -0.481 e. The minimum atomic E-state index is -1.22. The van der Waals surface area contributed by atoms with E-state index in [0.717, 1.165) is 28.7 Å². The number of aliphatic carboxylic acids is 1. The molecule has 2 aromatic rings. The van der Waals surface area contributed by atoms with E-state index in [1.165, 1.54) is 4.90 Å². The smallest absolute Gasteiger partial charge is 0.407 e. The predicted octanol–water partition coefficient (Wildman–Crippen LogP) is 3.64. The van der Waals surface area contributed by atoms with Gasteiger partial charge < -0.3 is 24.8 Å². The summed E-state index contributed by atoms with van der Waals surface area (Å²) in [5, 5.41) is 11.8. The molecule has 8 heteroatoms. The zero-order chi connectivity index (χ0) is 25.1. The van der Waals surface area contributed by atoms with Crippen molar-refractivity contribution in [2.75, 3.05) is 20.2 Å². The number of nitrogens with zero attached hydrogens (tertiary/aromatic N) is 1. The zero-order valence-electron chi connectivity index (χ0n) is 20.3. The number of benzene rings is 2. The summed E-state index contributed by atoms with van der Waals surface area (Å²) in [7, 11) is 1.62. The number of hydrogen-bond acceptors (Lipinski definition) is 5. The van der Waals surface area contributed by atoms with E-state index in [9.17, 15) is 19.5 Å². The first-order valence-electron chi connectivity index (χ1n) is 12.0. The average molecular weight is 481 g/mol. The first-order valence-corrected chi connectivity index (χ1v) is 12.0. The van der Waals surface area contributed by atoms with E-state index in [1.807, 2.05) is 62.4 Å². The fourth-order valence-electron chi connectivity index (χ4n) is 5.24. The monoisotopic (exact) mass is 480 g/mol. The number of likely N-dealkylation sites (N-methyl/N-ethyl adjacent to an activating group) is 1. The molecule has 1 fully saturated rings. The van der Waals surface area contributed by atoms with Crippen molar-refractivity contribution >= 4 is 18.0 Å². The van der Waals surface area contributed by atoms with Crippen LogP contribution in [-0.4, -0.2) is 66.4 Å². The molecule has 0 radical (unpaired) electrons. The summed E-state index contributed by atoms with van der Waals surface area (Å²) in [4.78, 5) is 38.6. The van der Waals surface area contributed by atoms with Gasteiger partial charge in [0.15, 0.2) is 0 Å². The summed E-state index contributed by atoms with van der Waals surface area (Å²) >= 11 is 0. The molecule has 2 N–H and O–H groups in total. The van der Waals surface area contributed by atoms with Crippen molar-refractivity contribution < 1.29 is 29.0 Å².